The maximum Gasteiger partial charge on any atom is 0.204 e. The number of hydrogen-bond donors (Lipinski definition) is 1. The van der Waals surface area contributed by atoms with Crippen molar-refractivity contribution in [1.82, 2.24) is 4.98 Å². The van der Waals surface area contributed by atoms with Crippen molar-refractivity contribution < 1.29 is 4.39 Å². The van der Waals surface area contributed by atoms with Gasteiger partial charge in [0, 0.05) is 16.0 Å². The summed E-state index contributed by atoms with van der Waals surface area (Å²) in [6, 6.07) is 14.4. The van der Waals surface area contributed by atoms with Crippen LogP contribution in [0.15, 0.2) is 53.6 Å². The smallest absolute Gasteiger partial charge is 0.204 e. The molecule has 0 spiro atoms. The van der Waals surface area contributed by atoms with Crippen LogP contribution in [0.2, 0.25) is 5.02 Å². The number of nitrogens with one attached hydrogen (secondary N) is 1. The Morgan fingerprint density at radius 1 is 1.17 bits per heavy atom. The van der Waals surface area contributed by atoms with Gasteiger partial charge in [0.1, 0.15) is 5.82 Å². The molecular weight excluding hydrogens is 333 g/mol. The van der Waals surface area contributed by atoms with Crippen LogP contribution in [0.3, 0.4) is 0 Å². The number of rotatable bonds is 4. The number of aromatic nitrogens is 1. The van der Waals surface area contributed by atoms with Crippen LogP contribution in [0.1, 0.15) is 10.4 Å². The lowest BCUT2D eigenvalue weighted by atomic mass is 10.1. The normalized spacial score (nSPS) is 11.1. The number of benzene rings is 2. The van der Waals surface area contributed by atoms with Crippen molar-refractivity contribution in [2.75, 3.05) is 5.43 Å². The molecule has 0 atom stereocenters. The summed E-state index contributed by atoms with van der Waals surface area (Å²) in [4.78, 5) is 5.60. The Morgan fingerprint density at radius 2 is 1.96 bits per heavy atom. The Hall–Kier alpha value is -2.24. The molecular formula is C17H13ClFN3S. The van der Waals surface area contributed by atoms with E-state index in [1.54, 1.807) is 12.1 Å². The highest BCUT2D eigenvalue weighted by Gasteiger charge is 2.09. The second kappa shape index (κ2) is 6.89. The molecule has 1 aromatic heterocycles. The molecule has 1 N–H and O–H groups in total. The van der Waals surface area contributed by atoms with Crippen molar-refractivity contribution in [3.63, 3.8) is 0 Å². The predicted molar refractivity (Wildman–Crippen MR) is 94.9 cm³/mol. The fourth-order valence-corrected chi connectivity index (χ4v) is 3.09. The molecule has 3 nitrogen and oxygen atoms in total. The number of anilines is 1. The van der Waals surface area contributed by atoms with Crippen LogP contribution < -0.4 is 5.43 Å². The van der Waals surface area contributed by atoms with E-state index >= 15 is 0 Å². The summed E-state index contributed by atoms with van der Waals surface area (Å²) in [5.41, 5.74) is 5.04. The second-order valence-electron chi connectivity index (χ2n) is 4.80. The Balaban J connectivity index is 1.78. The van der Waals surface area contributed by atoms with E-state index in [1.165, 1.54) is 23.6 Å². The van der Waals surface area contributed by atoms with E-state index in [4.69, 9.17) is 11.6 Å². The monoisotopic (exact) mass is 345 g/mol. The van der Waals surface area contributed by atoms with Crippen LogP contribution >= 0.6 is 22.9 Å². The molecule has 0 bridgehead atoms. The maximum absolute atomic E-state index is 13.6. The number of thiazole rings is 1. The molecule has 1 heterocycles. The van der Waals surface area contributed by atoms with Crippen LogP contribution in [-0.4, -0.2) is 11.2 Å². The largest absolute Gasteiger partial charge is 0.253 e. The van der Waals surface area contributed by atoms with Crippen LogP contribution in [0.5, 0.6) is 0 Å². The van der Waals surface area contributed by atoms with Gasteiger partial charge in [0.25, 0.3) is 0 Å². The third kappa shape index (κ3) is 3.57. The third-order valence-corrected chi connectivity index (χ3v) is 4.40. The molecule has 0 saturated carbocycles. The molecule has 0 amide bonds. The Labute approximate surface area is 142 Å². The van der Waals surface area contributed by atoms with Gasteiger partial charge < -0.3 is 0 Å². The van der Waals surface area contributed by atoms with Crippen molar-refractivity contribution in [3.8, 4) is 11.3 Å². The number of hydrazone groups is 1. The van der Waals surface area contributed by atoms with Crippen LogP contribution in [0.4, 0.5) is 9.52 Å². The zero-order valence-electron chi connectivity index (χ0n) is 12.3. The van der Waals surface area contributed by atoms with Crippen molar-refractivity contribution in [2.45, 2.75) is 6.92 Å². The Morgan fingerprint density at radius 3 is 2.70 bits per heavy atom. The highest BCUT2D eigenvalue weighted by molar-refractivity contribution is 7.15. The van der Waals surface area contributed by atoms with Gasteiger partial charge >= 0.3 is 0 Å². The van der Waals surface area contributed by atoms with Gasteiger partial charge in [-0.3, -0.25) is 5.43 Å². The van der Waals surface area contributed by atoms with E-state index < -0.39 is 5.82 Å². The number of aryl methyl sites for hydroxylation is 1. The van der Waals surface area contributed by atoms with Crippen LogP contribution in [-0.2, 0) is 0 Å². The standard InChI is InChI=1S/C17H13ClFN3S/c1-11-16(12-6-3-2-4-7-12)21-17(23-11)22-20-10-13-14(18)8-5-9-15(13)19/h2-10H,1H3,(H,21,22)/b20-10+. The van der Waals surface area contributed by atoms with E-state index in [1.807, 2.05) is 37.3 Å². The Bertz CT molecular complexity index is 826. The first-order valence-electron chi connectivity index (χ1n) is 6.91. The van der Waals surface area contributed by atoms with Gasteiger partial charge in [0.15, 0.2) is 0 Å². The second-order valence-corrected chi connectivity index (χ2v) is 6.41. The summed E-state index contributed by atoms with van der Waals surface area (Å²) in [5.74, 6) is -0.414. The minimum atomic E-state index is -0.414. The predicted octanol–water partition coefficient (Wildman–Crippen LogP) is 5.36. The first-order chi connectivity index (χ1) is 11.1. The molecule has 3 aromatic rings. The van der Waals surface area contributed by atoms with Crippen molar-refractivity contribution in [3.05, 3.63) is 69.8 Å². The molecule has 3 rings (SSSR count). The highest BCUT2D eigenvalue weighted by atomic mass is 35.5. The number of nitrogens with zero attached hydrogens (tertiary/aromatic N) is 2. The third-order valence-electron chi connectivity index (χ3n) is 3.20. The molecule has 0 unspecified atom stereocenters. The summed E-state index contributed by atoms with van der Waals surface area (Å²) < 4.78 is 13.6. The van der Waals surface area contributed by atoms with Crippen molar-refractivity contribution in [2.24, 2.45) is 5.10 Å². The lowest BCUT2D eigenvalue weighted by Gasteiger charge is -1.99. The highest BCUT2D eigenvalue weighted by Crippen LogP contribution is 2.30. The molecule has 2 aromatic carbocycles. The molecule has 0 saturated heterocycles. The lowest BCUT2D eigenvalue weighted by Crippen LogP contribution is -1.94. The summed E-state index contributed by atoms with van der Waals surface area (Å²) in [7, 11) is 0. The van der Waals surface area contributed by atoms with Crippen molar-refractivity contribution >= 4 is 34.3 Å². The molecule has 23 heavy (non-hydrogen) atoms. The zero-order valence-corrected chi connectivity index (χ0v) is 13.8. The average molecular weight is 346 g/mol. The summed E-state index contributed by atoms with van der Waals surface area (Å²) in [5, 5.41) is 4.99. The van der Waals surface area contributed by atoms with Crippen LogP contribution in [0.25, 0.3) is 11.3 Å². The molecule has 0 fully saturated rings. The molecule has 0 aliphatic heterocycles. The summed E-state index contributed by atoms with van der Waals surface area (Å²) in [6.45, 7) is 2.00. The molecule has 0 aliphatic rings. The topological polar surface area (TPSA) is 37.3 Å². The van der Waals surface area contributed by atoms with E-state index in [0.29, 0.717) is 10.2 Å². The van der Waals surface area contributed by atoms with Crippen molar-refractivity contribution in [1.29, 1.82) is 0 Å². The van der Waals surface area contributed by atoms with E-state index in [0.717, 1.165) is 16.1 Å². The first kappa shape index (κ1) is 15.6. The fourth-order valence-electron chi connectivity index (χ4n) is 2.09. The molecule has 6 heteroatoms. The van der Waals surface area contributed by atoms with Gasteiger partial charge in [-0.25, -0.2) is 9.37 Å². The summed E-state index contributed by atoms with van der Waals surface area (Å²) in [6.07, 6.45) is 1.36. The first-order valence-corrected chi connectivity index (χ1v) is 8.10. The molecule has 116 valence electrons. The average Bonchev–Trinajstić information content (AvgIpc) is 2.92. The van der Waals surface area contributed by atoms with E-state index in [2.05, 4.69) is 15.5 Å². The van der Waals surface area contributed by atoms with Gasteiger partial charge in [0.05, 0.1) is 16.9 Å². The Kier molecular flexibility index (Phi) is 4.69. The number of hydrogen-bond acceptors (Lipinski definition) is 4. The SMILES string of the molecule is Cc1sc(N/N=C/c2c(F)cccc2Cl)nc1-c1ccccc1. The minimum Gasteiger partial charge on any atom is -0.253 e. The van der Waals surface area contributed by atoms with Gasteiger partial charge in [-0.15, -0.1) is 11.3 Å². The van der Waals surface area contributed by atoms with Gasteiger partial charge in [0.2, 0.25) is 5.13 Å². The van der Waals surface area contributed by atoms with Gasteiger partial charge in [-0.2, -0.15) is 5.10 Å². The van der Waals surface area contributed by atoms with Gasteiger partial charge in [-0.1, -0.05) is 48.0 Å². The minimum absolute atomic E-state index is 0.248. The molecule has 0 aliphatic carbocycles. The molecule has 0 radical (unpaired) electrons. The fraction of sp³-hybridized carbons (Fsp3) is 0.0588. The number of halogens is 2. The van der Waals surface area contributed by atoms with Crippen LogP contribution in [0, 0.1) is 12.7 Å². The zero-order chi connectivity index (χ0) is 16.2. The quantitative estimate of drug-likeness (QED) is 0.510. The van der Waals surface area contributed by atoms with Gasteiger partial charge in [-0.05, 0) is 19.1 Å². The van der Waals surface area contributed by atoms with E-state index in [9.17, 15) is 4.39 Å². The maximum atomic E-state index is 13.6. The summed E-state index contributed by atoms with van der Waals surface area (Å²) >= 11 is 7.44. The lowest BCUT2D eigenvalue weighted by molar-refractivity contribution is 0.626. The van der Waals surface area contributed by atoms with E-state index in [-0.39, 0.29) is 5.56 Å².